The lowest BCUT2D eigenvalue weighted by atomic mass is 10.1. The Bertz CT molecular complexity index is 341. The molecule has 5 nitrogen and oxygen atoms in total. The second kappa shape index (κ2) is 5.67. The Morgan fingerprint density at radius 2 is 2.25 bits per heavy atom. The summed E-state index contributed by atoms with van der Waals surface area (Å²) in [5.41, 5.74) is 7.83. The number of likely N-dealkylation sites (N-methyl/N-ethyl adjacent to an activating group) is 1. The number of methoxy groups -OCH3 is 1. The van der Waals surface area contributed by atoms with Crippen LogP contribution in [0.3, 0.4) is 0 Å². The maximum atomic E-state index is 5.89. The highest BCUT2D eigenvalue weighted by Crippen LogP contribution is 2.25. The minimum atomic E-state index is 0.116. The number of nitrogens with one attached hydrogen (secondary N) is 1. The fraction of sp³-hybridized carbons (Fsp3) is 0.545. The maximum absolute atomic E-state index is 5.89. The zero-order chi connectivity index (χ0) is 12.1. The van der Waals surface area contributed by atoms with Crippen molar-refractivity contribution >= 4 is 11.5 Å². The first-order valence-corrected chi connectivity index (χ1v) is 5.18. The van der Waals surface area contributed by atoms with Crippen molar-refractivity contribution in [3.63, 3.8) is 0 Å². The van der Waals surface area contributed by atoms with Gasteiger partial charge in [-0.15, -0.1) is 0 Å². The van der Waals surface area contributed by atoms with Crippen LogP contribution in [-0.2, 0) is 4.74 Å². The summed E-state index contributed by atoms with van der Waals surface area (Å²) in [5.74, 6) is 0.551. The van der Waals surface area contributed by atoms with Crippen molar-refractivity contribution in [3.8, 4) is 0 Å². The Kier molecular flexibility index (Phi) is 4.52. The minimum absolute atomic E-state index is 0.116. The molecule has 0 aliphatic rings. The average Bonchev–Trinajstić information content (AvgIpc) is 2.27. The molecule has 0 aliphatic heterocycles. The molecule has 3 N–H and O–H groups in total. The molecular formula is C11H20N4O. The molecule has 1 atom stereocenters. The van der Waals surface area contributed by atoms with E-state index < -0.39 is 0 Å². The number of pyridine rings is 1. The van der Waals surface area contributed by atoms with Crippen molar-refractivity contribution in [2.24, 2.45) is 0 Å². The Morgan fingerprint density at radius 1 is 1.56 bits per heavy atom. The van der Waals surface area contributed by atoms with Crippen LogP contribution in [-0.4, -0.2) is 44.7 Å². The standard InChI is InChI=1S/C11H20N4O/c1-13-8-5-9(11(12)14-6-8)10(7-16-4)15(2)3/h5-6,10,13H,7H2,1-4H3,(H2,12,14). The lowest BCUT2D eigenvalue weighted by Gasteiger charge is -2.25. The average molecular weight is 224 g/mol. The van der Waals surface area contributed by atoms with Gasteiger partial charge in [0.15, 0.2) is 0 Å². The van der Waals surface area contributed by atoms with Crippen LogP contribution in [0.5, 0.6) is 0 Å². The zero-order valence-corrected chi connectivity index (χ0v) is 10.3. The molecule has 1 heterocycles. The van der Waals surface area contributed by atoms with Gasteiger partial charge in [-0.1, -0.05) is 0 Å². The summed E-state index contributed by atoms with van der Waals surface area (Å²) in [4.78, 5) is 6.23. The molecule has 0 spiro atoms. The van der Waals surface area contributed by atoms with Gasteiger partial charge < -0.3 is 20.7 Å². The molecule has 90 valence electrons. The molecular weight excluding hydrogens is 204 g/mol. The lowest BCUT2D eigenvalue weighted by Crippen LogP contribution is -2.25. The summed E-state index contributed by atoms with van der Waals surface area (Å²) in [6.07, 6.45) is 1.72. The monoisotopic (exact) mass is 224 g/mol. The van der Waals surface area contributed by atoms with Crippen LogP contribution < -0.4 is 11.1 Å². The topological polar surface area (TPSA) is 63.4 Å². The van der Waals surface area contributed by atoms with Crippen LogP contribution in [0, 0.1) is 0 Å². The van der Waals surface area contributed by atoms with E-state index >= 15 is 0 Å². The third-order valence-electron chi connectivity index (χ3n) is 2.55. The maximum Gasteiger partial charge on any atom is 0.128 e. The van der Waals surface area contributed by atoms with Gasteiger partial charge in [-0.2, -0.15) is 0 Å². The van der Waals surface area contributed by atoms with E-state index in [0.29, 0.717) is 12.4 Å². The van der Waals surface area contributed by atoms with E-state index in [4.69, 9.17) is 10.5 Å². The lowest BCUT2D eigenvalue weighted by molar-refractivity contribution is 0.121. The van der Waals surface area contributed by atoms with Gasteiger partial charge >= 0.3 is 0 Å². The molecule has 0 aliphatic carbocycles. The Morgan fingerprint density at radius 3 is 2.75 bits per heavy atom. The first-order valence-electron chi connectivity index (χ1n) is 5.18. The smallest absolute Gasteiger partial charge is 0.128 e. The van der Waals surface area contributed by atoms with Crippen molar-refractivity contribution in [1.29, 1.82) is 0 Å². The van der Waals surface area contributed by atoms with Gasteiger partial charge in [0, 0.05) is 19.7 Å². The number of ether oxygens (including phenoxy) is 1. The van der Waals surface area contributed by atoms with Crippen molar-refractivity contribution in [2.75, 3.05) is 45.9 Å². The van der Waals surface area contributed by atoms with E-state index in [2.05, 4.69) is 15.2 Å². The van der Waals surface area contributed by atoms with E-state index in [1.54, 1.807) is 13.3 Å². The SMILES string of the molecule is CNc1cnc(N)c(C(COC)N(C)C)c1. The summed E-state index contributed by atoms with van der Waals surface area (Å²) in [7, 11) is 7.53. The summed E-state index contributed by atoms with van der Waals surface area (Å²) >= 11 is 0. The van der Waals surface area contributed by atoms with Crippen LogP contribution in [0.25, 0.3) is 0 Å². The van der Waals surface area contributed by atoms with Crippen LogP contribution in [0.1, 0.15) is 11.6 Å². The van der Waals surface area contributed by atoms with Gasteiger partial charge in [-0.05, 0) is 20.2 Å². The quantitative estimate of drug-likeness (QED) is 0.780. The van der Waals surface area contributed by atoms with Crippen LogP contribution >= 0.6 is 0 Å². The van der Waals surface area contributed by atoms with Gasteiger partial charge in [-0.25, -0.2) is 4.98 Å². The summed E-state index contributed by atoms with van der Waals surface area (Å²) in [6, 6.07) is 2.12. The highest BCUT2D eigenvalue weighted by atomic mass is 16.5. The fourth-order valence-electron chi connectivity index (χ4n) is 1.57. The highest BCUT2D eigenvalue weighted by Gasteiger charge is 2.17. The first-order chi connectivity index (χ1) is 7.60. The fourth-order valence-corrected chi connectivity index (χ4v) is 1.57. The molecule has 0 bridgehead atoms. The number of hydrogen-bond donors (Lipinski definition) is 2. The molecule has 0 radical (unpaired) electrons. The van der Waals surface area contributed by atoms with Crippen molar-refractivity contribution in [3.05, 3.63) is 17.8 Å². The van der Waals surface area contributed by atoms with Gasteiger partial charge in [-0.3, -0.25) is 0 Å². The second-order valence-corrected chi connectivity index (χ2v) is 3.88. The number of nitrogen functional groups attached to an aromatic ring is 1. The Labute approximate surface area is 96.6 Å². The number of rotatable bonds is 5. The Hall–Kier alpha value is -1.33. The molecule has 0 saturated carbocycles. The van der Waals surface area contributed by atoms with Gasteiger partial charge in [0.25, 0.3) is 0 Å². The van der Waals surface area contributed by atoms with Gasteiger partial charge in [0.1, 0.15) is 5.82 Å². The van der Waals surface area contributed by atoms with Crippen molar-refractivity contribution < 1.29 is 4.74 Å². The molecule has 1 aromatic rings. The molecule has 0 amide bonds. The number of nitrogens with zero attached hydrogens (tertiary/aromatic N) is 2. The molecule has 0 saturated heterocycles. The van der Waals surface area contributed by atoms with Crippen molar-refractivity contribution in [1.82, 2.24) is 9.88 Å². The molecule has 1 aromatic heterocycles. The predicted molar refractivity (Wildman–Crippen MR) is 66.5 cm³/mol. The van der Waals surface area contributed by atoms with Gasteiger partial charge in [0.05, 0.1) is 24.5 Å². The highest BCUT2D eigenvalue weighted by molar-refractivity contribution is 5.52. The van der Waals surface area contributed by atoms with E-state index in [1.807, 2.05) is 27.2 Å². The largest absolute Gasteiger partial charge is 0.387 e. The van der Waals surface area contributed by atoms with E-state index in [9.17, 15) is 0 Å². The molecule has 16 heavy (non-hydrogen) atoms. The third-order valence-corrected chi connectivity index (χ3v) is 2.55. The first kappa shape index (κ1) is 12.7. The minimum Gasteiger partial charge on any atom is -0.387 e. The molecule has 1 unspecified atom stereocenters. The number of nitrogens with two attached hydrogens (primary N) is 1. The molecule has 1 rings (SSSR count). The van der Waals surface area contributed by atoms with E-state index in [0.717, 1.165) is 11.3 Å². The number of hydrogen-bond acceptors (Lipinski definition) is 5. The normalized spacial score (nSPS) is 12.8. The van der Waals surface area contributed by atoms with Crippen LogP contribution in [0.2, 0.25) is 0 Å². The van der Waals surface area contributed by atoms with Crippen LogP contribution in [0.4, 0.5) is 11.5 Å². The van der Waals surface area contributed by atoms with Gasteiger partial charge in [0.2, 0.25) is 0 Å². The summed E-state index contributed by atoms with van der Waals surface area (Å²) in [5, 5.41) is 3.05. The van der Waals surface area contributed by atoms with E-state index in [-0.39, 0.29) is 6.04 Å². The Balaban J connectivity index is 3.06. The second-order valence-electron chi connectivity index (χ2n) is 3.88. The number of anilines is 2. The molecule has 5 heteroatoms. The third kappa shape index (κ3) is 2.84. The van der Waals surface area contributed by atoms with Crippen molar-refractivity contribution in [2.45, 2.75) is 6.04 Å². The summed E-state index contributed by atoms with van der Waals surface area (Å²) < 4.78 is 5.20. The number of aromatic nitrogens is 1. The molecule has 0 aromatic carbocycles. The molecule has 0 fully saturated rings. The summed E-state index contributed by atoms with van der Waals surface area (Å²) in [6.45, 7) is 0.589. The van der Waals surface area contributed by atoms with E-state index in [1.165, 1.54) is 0 Å². The zero-order valence-electron chi connectivity index (χ0n) is 10.3. The predicted octanol–water partition coefficient (Wildman–Crippen LogP) is 0.955. The van der Waals surface area contributed by atoms with Crippen LogP contribution in [0.15, 0.2) is 12.3 Å².